The molecule has 2 nitrogen and oxygen atoms in total. The number of nitrogens with zero attached hydrogens (tertiary/aromatic N) is 2. The minimum Gasteiger partial charge on any atom is -0.244 e. The molecule has 0 N–H and O–H groups in total. The fraction of sp³-hybridized carbons (Fsp3) is 0.167. The second-order valence-corrected chi connectivity index (χ2v) is 3.67. The highest BCUT2D eigenvalue weighted by Crippen LogP contribution is 2.35. The Bertz CT molecular complexity index is 503. The van der Waals surface area contributed by atoms with Crippen molar-refractivity contribution in [1.29, 1.82) is 0 Å². The predicted octanol–water partition coefficient (Wildman–Crippen LogP) is 2.36. The standard InChI is InChI=1S/C12H10N2/c1-8-3-2-4-10-11(8)5-9-6-13-7-14-12(9)10/h2-4,6-7H,5H2,1H3. The summed E-state index contributed by atoms with van der Waals surface area (Å²) in [6, 6.07) is 6.38. The van der Waals surface area contributed by atoms with Crippen LogP contribution in [0.25, 0.3) is 11.3 Å². The van der Waals surface area contributed by atoms with Crippen molar-refractivity contribution in [2.24, 2.45) is 0 Å². The predicted molar refractivity (Wildman–Crippen MR) is 55.0 cm³/mol. The van der Waals surface area contributed by atoms with Crippen molar-refractivity contribution < 1.29 is 0 Å². The number of aromatic nitrogens is 2. The van der Waals surface area contributed by atoms with E-state index >= 15 is 0 Å². The van der Waals surface area contributed by atoms with Crippen LogP contribution in [0.1, 0.15) is 16.7 Å². The van der Waals surface area contributed by atoms with Gasteiger partial charge in [-0.2, -0.15) is 0 Å². The zero-order valence-corrected chi connectivity index (χ0v) is 7.99. The molecule has 0 saturated heterocycles. The van der Waals surface area contributed by atoms with Gasteiger partial charge < -0.3 is 0 Å². The summed E-state index contributed by atoms with van der Waals surface area (Å²) in [5, 5.41) is 0. The van der Waals surface area contributed by atoms with Crippen LogP contribution in [0.3, 0.4) is 0 Å². The first-order valence-electron chi connectivity index (χ1n) is 4.74. The molecule has 1 aromatic carbocycles. The molecular formula is C12H10N2. The normalized spacial score (nSPS) is 12.4. The van der Waals surface area contributed by atoms with E-state index in [0.29, 0.717) is 0 Å². The van der Waals surface area contributed by atoms with Gasteiger partial charge in [0.05, 0.1) is 5.69 Å². The summed E-state index contributed by atoms with van der Waals surface area (Å²) in [6.07, 6.45) is 4.52. The number of benzene rings is 1. The Morgan fingerprint density at radius 1 is 1.29 bits per heavy atom. The smallest absolute Gasteiger partial charge is 0.116 e. The van der Waals surface area contributed by atoms with Crippen LogP contribution in [0.4, 0.5) is 0 Å². The molecule has 3 rings (SSSR count). The van der Waals surface area contributed by atoms with Crippen LogP contribution in [0.5, 0.6) is 0 Å². The Morgan fingerprint density at radius 3 is 3.14 bits per heavy atom. The van der Waals surface area contributed by atoms with Crippen LogP contribution >= 0.6 is 0 Å². The second-order valence-electron chi connectivity index (χ2n) is 3.67. The molecule has 1 aliphatic carbocycles. The number of hydrogen-bond acceptors (Lipinski definition) is 2. The van der Waals surface area contributed by atoms with Gasteiger partial charge in [-0.15, -0.1) is 0 Å². The lowest BCUT2D eigenvalue weighted by molar-refractivity contribution is 1.12. The lowest BCUT2D eigenvalue weighted by Crippen LogP contribution is -1.85. The first-order valence-corrected chi connectivity index (χ1v) is 4.74. The summed E-state index contributed by atoms with van der Waals surface area (Å²) < 4.78 is 0. The quantitative estimate of drug-likeness (QED) is 0.533. The highest BCUT2D eigenvalue weighted by molar-refractivity contribution is 5.74. The largest absolute Gasteiger partial charge is 0.244 e. The number of fused-ring (bicyclic) bond motifs is 3. The maximum absolute atomic E-state index is 4.33. The van der Waals surface area contributed by atoms with E-state index in [1.165, 1.54) is 22.3 Å². The van der Waals surface area contributed by atoms with E-state index in [0.717, 1.165) is 12.1 Å². The molecule has 0 atom stereocenters. The molecule has 0 fully saturated rings. The topological polar surface area (TPSA) is 25.8 Å². The van der Waals surface area contributed by atoms with Crippen LogP contribution in [0.2, 0.25) is 0 Å². The Hall–Kier alpha value is -1.70. The van der Waals surface area contributed by atoms with Gasteiger partial charge in [-0.3, -0.25) is 0 Å². The summed E-state index contributed by atoms with van der Waals surface area (Å²) in [5.74, 6) is 0. The van der Waals surface area contributed by atoms with Crippen LogP contribution in [0, 0.1) is 6.92 Å². The highest BCUT2D eigenvalue weighted by atomic mass is 14.8. The molecule has 1 aromatic heterocycles. The molecule has 2 aromatic rings. The van der Waals surface area contributed by atoms with E-state index in [1.54, 1.807) is 6.33 Å². The summed E-state index contributed by atoms with van der Waals surface area (Å²) in [7, 11) is 0. The van der Waals surface area contributed by atoms with E-state index in [-0.39, 0.29) is 0 Å². The number of hydrogen-bond donors (Lipinski definition) is 0. The molecule has 0 amide bonds. The number of rotatable bonds is 0. The second kappa shape index (κ2) is 2.64. The Kier molecular flexibility index (Phi) is 1.45. The molecule has 0 aliphatic heterocycles. The van der Waals surface area contributed by atoms with Crippen molar-refractivity contribution in [2.75, 3.05) is 0 Å². The van der Waals surface area contributed by atoms with Gasteiger partial charge in [0.1, 0.15) is 6.33 Å². The molecule has 14 heavy (non-hydrogen) atoms. The molecule has 1 aliphatic rings. The molecule has 0 unspecified atom stereocenters. The SMILES string of the molecule is Cc1cccc2c1Cc1cncnc1-2. The summed E-state index contributed by atoms with van der Waals surface area (Å²) in [5.41, 5.74) is 6.39. The fourth-order valence-electron chi connectivity index (χ4n) is 2.08. The van der Waals surface area contributed by atoms with Gasteiger partial charge in [0.2, 0.25) is 0 Å². The van der Waals surface area contributed by atoms with Crippen molar-refractivity contribution in [3.63, 3.8) is 0 Å². The average molecular weight is 182 g/mol. The van der Waals surface area contributed by atoms with Gasteiger partial charge in [0, 0.05) is 23.7 Å². The number of aryl methyl sites for hydroxylation is 1. The van der Waals surface area contributed by atoms with Crippen molar-refractivity contribution in [3.05, 3.63) is 47.4 Å². The third-order valence-electron chi connectivity index (χ3n) is 2.82. The molecular weight excluding hydrogens is 172 g/mol. The van der Waals surface area contributed by atoms with Gasteiger partial charge in [-0.05, 0) is 18.1 Å². The van der Waals surface area contributed by atoms with Crippen LogP contribution in [-0.2, 0) is 6.42 Å². The maximum atomic E-state index is 4.33. The average Bonchev–Trinajstić information content (AvgIpc) is 2.59. The lowest BCUT2D eigenvalue weighted by Gasteiger charge is -2.01. The van der Waals surface area contributed by atoms with Gasteiger partial charge in [0.15, 0.2) is 0 Å². The molecule has 0 saturated carbocycles. The zero-order chi connectivity index (χ0) is 9.54. The first kappa shape index (κ1) is 7.68. The molecule has 1 heterocycles. The van der Waals surface area contributed by atoms with Gasteiger partial charge in [0.25, 0.3) is 0 Å². The van der Waals surface area contributed by atoms with Gasteiger partial charge in [-0.25, -0.2) is 9.97 Å². The van der Waals surface area contributed by atoms with E-state index in [4.69, 9.17) is 0 Å². The summed E-state index contributed by atoms with van der Waals surface area (Å²) in [6.45, 7) is 2.15. The van der Waals surface area contributed by atoms with E-state index in [2.05, 4.69) is 35.1 Å². The van der Waals surface area contributed by atoms with Crippen molar-refractivity contribution >= 4 is 0 Å². The van der Waals surface area contributed by atoms with Gasteiger partial charge >= 0.3 is 0 Å². The van der Waals surface area contributed by atoms with Crippen LogP contribution in [-0.4, -0.2) is 9.97 Å². The van der Waals surface area contributed by atoms with Crippen molar-refractivity contribution in [2.45, 2.75) is 13.3 Å². The van der Waals surface area contributed by atoms with Crippen LogP contribution < -0.4 is 0 Å². The van der Waals surface area contributed by atoms with E-state index in [1.807, 2.05) is 6.20 Å². The highest BCUT2D eigenvalue weighted by Gasteiger charge is 2.20. The summed E-state index contributed by atoms with van der Waals surface area (Å²) >= 11 is 0. The fourth-order valence-corrected chi connectivity index (χ4v) is 2.08. The monoisotopic (exact) mass is 182 g/mol. The maximum Gasteiger partial charge on any atom is 0.116 e. The molecule has 2 heteroatoms. The van der Waals surface area contributed by atoms with Crippen LogP contribution in [0.15, 0.2) is 30.7 Å². The summed E-state index contributed by atoms with van der Waals surface area (Å²) in [4.78, 5) is 8.39. The zero-order valence-electron chi connectivity index (χ0n) is 7.99. The third kappa shape index (κ3) is 0.909. The molecule has 0 bridgehead atoms. The minimum absolute atomic E-state index is 0.984. The van der Waals surface area contributed by atoms with E-state index < -0.39 is 0 Å². The van der Waals surface area contributed by atoms with E-state index in [9.17, 15) is 0 Å². The van der Waals surface area contributed by atoms with Crippen molar-refractivity contribution in [1.82, 2.24) is 9.97 Å². The molecule has 0 radical (unpaired) electrons. The van der Waals surface area contributed by atoms with Gasteiger partial charge in [-0.1, -0.05) is 18.2 Å². The molecule has 68 valence electrons. The first-order chi connectivity index (χ1) is 6.86. The Morgan fingerprint density at radius 2 is 2.21 bits per heavy atom. The third-order valence-corrected chi connectivity index (χ3v) is 2.82. The lowest BCUT2D eigenvalue weighted by atomic mass is 10.0. The Labute approximate surface area is 82.7 Å². The van der Waals surface area contributed by atoms with Crippen molar-refractivity contribution in [3.8, 4) is 11.3 Å². The minimum atomic E-state index is 0.984. The Balaban J connectivity index is 2.33. The molecule has 0 spiro atoms.